The lowest BCUT2D eigenvalue weighted by atomic mass is 10.1. The van der Waals surface area contributed by atoms with Crippen molar-refractivity contribution in [3.63, 3.8) is 0 Å². The number of nitrogens with one attached hydrogen (secondary N) is 2. The fraction of sp³-hybridized carbons (Fsp3) is 0.182. The van der Waals surface area contributed by atoms with Gasteiger partial charge in [-0.1, -0.05) is 12.1 Å². The molecular formula is C11H9F3N4O. The number of hydrogen-bond donors (Lipinski definition) is 2. The zero-order valence-corrected chi connectivity index (χ0v) is 9.53. The Morgan fingerprint density at radius 1 is 1.26 bits per heavy atom. The van der Waals surface area contributed by atoms with Crippen LogP contribution in [-0.4, -0.2) is 21.3 Å². The maximum atomic E-state index is 12.3. The summed E-state index contributed by atoms with van der Waals surface area (Å²) in [5.74, 6) is -0.450. The number of amides is 1. The van der Waals surface area contributed by atoms with E-state index in [4.69, 9.17) is 0 Å². The standard InChI is InChI=1S/C11H9F3N4O/c12-11(13,14)8-3-1-7(2-4-8)5-15-10(19)9-6-16-18-17-9/h1-4,6H,5H2,(H,15,19)(H,16,17,18). The second-order valence-corrected chi connectivity index (χ2v) is 3.73. The van der Waals surface area contributed by atoms with Crippen molar-refractivity contribution in [2.45, 2.75) is 12.7 Å². The monoisotopic (exact) mass is 270 g/mol. The van der Waals surface area contributed by atoms with Crippen LogP contribution in [0.3, 0.4) is 0 Å². The lowest BCUT2D eigenvalue weighted by Crippen LogP contribution is -2.23. The van der Waals surface area contributed by atoms with Crippen LogP contribution in [0.15, 0.2) is 30.5 Å². The fourth-order valence-corrected chi connectivity index (χ4v) is 1.40. The number of carbonyl (C=O) groups is 1. The molecule has 1 amide bonds. The third-order valence-corrected chi connectivity index (χ3v) is 2.38. The highest BCUT2D eigenvalue weighted by atomic mass is 19.4. The molecule has 0 aliphatic rings. The van der Waals surface area contributed by atoms with E-state index in [1.165, 1.54) is 18.3 Å². The normalized spacial score (nSPS) is 11.3. The first kappa shape index (κ1) is 13.1. The minimum absolute atomic E-state index is 0.115. The van der Waals surface area contributed by atoms with E-state index in [2.05, 4.69) is 20.7 Å². The number of carbonyl (C=O) groups excluding carboxylic acids is 1. The lowest BCUT2D eigenvalue weighted by molar-refractivity contribution is -0.137. The number of alkyl halides is 3. The Hall–Kier alpha value is -2.38. The fourth-order valence-electron chi connectivity index (χ4n) is 1.40. The molecule has 100 valence electrons. The minimum atomic E-state index is -4.36. The molecule has 0 atom stereocenters. The van der Waals surface area contributed by atoms with Crippen molar-refractivity contribution in [1.29, 1.82) is 0 Å². The van der Waals surface area contributed by atoms with Crippen molar-refractivity contribution >= 4 is 5.91 Å². The van der Waals surface area contributed by atoms with Gasteiger partial charge in [0.2, 0.25) is 0 Å². The highest BCUT2D eigenvalue weighted by molar-refractivity contribution is 5.91. The summed E-state index contributed by atoms with van der Waals surface area (Å²) in [6, 6.07) is 4.56. The zero-order chi connectivity index (χ0) is 13.9. The van der Waals surface area contributed by atoms with Crippen LogP contribution in [0.25, 0.3) is 0 Å². The lowest BCUT2D eigenvalue weighted by Gasteiger charge is -2.08. The van der Waals surface area contributed by atoms with Gasteiger partial charge in [-0.3, -0.25) is 4.79 Å². The van der Waals surface area contributed by atoms with Crippen LogP contribution >= 0.6 is 0 Å². The van der Waals surface area contributed by atoms with Gasteiger partial charge in [-0.25, -0.2) is 0 Å². The molecule has 1 aromatic heterocycles. The SMILES string of the molecule is O=C(NCc1ccc(C(F)(F)F)cc1)c1cn[nH]n1. The first-order valence-corrected chi connectivity index (χ1v) is 5.27. The van der Waals surface area contributed by atoms with Crippen molar-refractivity contribution < 1.29 is 18.0 Å². The van der Waals surface area contributed by atoms with E-state index in [9.17, 15) is 18.0 Å². The van der Waals surface area contributed by atoms with Gasteiger partial charge in [0.25, 0.3) is 5.91 Å². The molecule has 8 heteroatoms. The van der Waals surface area contributed by atoms with Gasteiger partial charge in [0.15, 0.2) is 5.69 Å². The second kappa shape index (κ2) is 5.09. The number of H-pyrrole nitrogens is 1. The van der Waals surface area contributed by atoms with Gasteiger partial charge in [-0.2, -0.15) is 28.6 Å². The molecule has 0 saturated carbocycles. The molecule has 1 aromatic carbocycles. The highest BCUT2D eigenvalue weighted by Crippen LogP contribution is 2.28. The molecule has 5 nitrogen and oxygen atoms in total. The first-order chi connectivity index (χ1) is 8.97. The Kier molecular flexibility index (Phi) is 3.50. The predicted octanol–water partition coefficient (Wildman–Crippen LogP) is 1.75. The van der Waals surface area contributed by atoms with Gasteiger partial charge in [-0.15, -0.1) is 0 Å². The number of halogens is 3. The Morgan fingerprint density at radius 3 is 2.47 bits per heavy atom. The third kappa shape index (κ3) is 3.30. The minimum Gasteiger partial charge on any atom is -0.347 e. The van der Waals surface area contributed by atoms with Gasteiger partial charge < -0.3 is 5.32 Å². The number of nitrogens with zero attached hydrogens (tertiary/aromatic N) is 2. The molecule has 19 heavy (non-hydrogen) atoms. The quantitative estimate of drug-likeness (QED) is 0.892. The van der Waals surface area contributed by atoms with E-state index < -0.39 is 17.6 Å². The van der Waals surface area contributed by atoms with Crippen LogP contribution in [-0.2, 0) is 12.7 Å². The molecule has 0 aliphatic heterocycles. The number of aromatic nitrogens is 3. The number of rotatable bonds is 3. The van der Waals surface area contributed by atoms with Crippen LogP contribution in [0.2, 0.25) is 0 Å². The van der Waals surface area contributed by atoms with Crippen LogP contribution in [0.4, 0.5) is 13.2 Å². The van der Waals surface area contributed by atoms with Crippen LogP contribution in [0, 0.1) is 0 Å². The summed E-state index contributed by atoms with van der Waals surface area (Å²) in [5.41, 5.74) is -0.0455. The van der Waals surface area contributed by atoms with Gasteiger partial charge >= 0.3 is 6.18 Å². The molecule has 0 saturated heterocycles. The number of hydrogen-bond acceptors (Lipinski definition) is 3. The number of benzene rings is 1. The van der Waals surface area contributed by atoms with E-state index in [0.717, 1.165) is 12.1 Å². The topological polar surface area (TPSA) is 70.7 Å². The van der Waals surface area contributed by atoms with Gasteiger partial charge in [0.1, 0.15) is 0 Å². The summed E-state index contributed by atoms with van der Waals surface area (Å²) in [7, 11) is 0. The van der Waals surface area contributed by atoms with Crippen LogP contribution in [0.5, 0.6) is 0 Å². The Balaban J connectivity index is 1.95. The van der Waals surface area contributed by atoms with E-state index in [-0.39, 0.29) is 12.2 Å². The average molecular weight is 270 g/mol. The summed E-state index contributed by atoms with van der Waals surface area (Å²) in [6.07, 6.45) is -3.11. The predicted molar refractivity (Wildman–Crippen MR) is 59.0 cm³/mol. The van der Waals surface area contributed by atoms with Crippen molar-refractivity contribution in [2.24, 2.45) is 0 Å². The van der Waals surface area contributed by atoms with Gasteiger partial charge in [0.05, 0.1) is 11.8 Å². The molecule has 1 heterocycles. The van der Waals surface area contributed by atoms with Crippen LogP contribution < -0.4 is 5.32 Å². The number of aromatic amines is 1. The van der Waals surface area contributed by atoms with E-state index in [1.54, 1.807) is 0 Å². The zero-order valence-electron chi connectivity index (χ0n) is 9.53. The summed E-state index contributed by atoms with van der Waals surface area (Å²) in [4.78, 5) is 11.5. The molecule has 0 unspecified atom stereocenters. The molecule has 0 aliphatic carbocycles. The Morgan fingerprint density at radius 2 is 1.95 bits per heavy atom. The van der Waals surface area contributed by atoms with Gasteiger partial charge in [0, 0.05) is 6.54 Å². The van der Waals surface area contributed by atoms with Crippen molar-refractivity contribution in [3.05, 3.63) is 47.3 Å². The smallest absolute Gasteiger partial charge is 0.347 e. The first-order valence-electron chi connectivity index (χ1n) is 5.27. The molecule has 0 fully saturated rings. The summed E-state index contributed by atoms with van der Waals surface area (Å²) in [5, 5.41) is 11.9. The largest absolute Gasteiger partial charge is 0.416 e. The molecule has 2 aromatic rings. The van der Waals surface area contributed by atoms with E-state index in [0.29, 0.717) is 5.56 Å². The molecule has 2 N–H and O–H groups in total. The second-order valence-electron chi connectivity index (χ2n) is 3.73. The molecule has 0 radical (unpaired) electrons. The van der Waals surface area contributed by atoms with E-state index in [1.807, 2.05) is 0 Å². The maximum absolute atomic E-state index is 12.3. The molecule has 0 spiro atoms. The molecular weight excluding hydrogens is 261 g/mol. The summed E-state index contributed by atoms with van der Waals surface area (Å²) in [6.45, 7) is 0.115. The van der Waals surface area contributed by atoms with Crippen molar-refractivity contribution in [3.8, 4) is 0 Å². The average Bonchev–Trinajstić information content (AvgIpc) is 2.89. The van der Waals surface area contributed by atoms with E-state index >= 15 is 0 Å². The molecule has 0 bridgehead atoms. The van der Waals surface area contributed by atoms with Crippen LogP contribution in [0.1, 0.15) is 21.6 Å². The summed E-state index contributed by atoms with van der Waals surface area (Å²) < 4.78 is 37.0. The highest BCUT2D eigenvalue weighted by Gasteiger charge is 2.29. The summed E-state index contributed by atoms with van der Waals surface area (Å²) >= 11 is 0. The van der Waals surface area contributed by atoms with Crippen molar-refractivity contribution in [1.82, 2.24) is 20.7 Å². The Labute approximate surface area is 105 Å². The maximum Gasteiger partial charge on any atom is 0.416 e. The Bertz CT molecular complexity index is 548. The van der Waals surface area contributed by atoms with Gasteiger partial charge in [-0.05, 0) is 17.7 Å². The third-order valence-electron chi connectivity index (χ3n) is 2.38. The molecule has 2 rings (SSSR count). The van der Waals surface area contributed by atoms with Crippen molar-refractivity contribution in [2.75, 3.05) is 0 Å².